The molecule has 2 saturated carbocycles. The van der Waals surface area contributed by atoms with E-state index >= 15 is 0 Å². The van der Waals surface area contributed by atoms with Crippen LogP contribution in [-0.4, -0.2) is 18.5 Å². The van der Waals surface area contributed by atoms with Crippen molar-refractivity contribution < 1.29 is 14.3 Å². The molecule has 1 aromatic rings. The van der Waals surface area contributed by atoms with Gasteiger partial charge in [-0.3, -0.25) is 9.59 Å². The van der Waals surface area contributed by atoms with Gasteiger partial charge in [-0.15, -0.1) is 0 Å². The van der Waals surface area contributed by atoms with Crippen LogP contribution in [0.4, 0.5) is 5.69 Å². The summed E-state index contributed by atoms with van der Waals surface area (Å²) in [5, 5.41) is 2.71. The third-order valence-electron chi connectivity index (χ3n) is 4.81. The summed E-state index contributed by atoms with van der Waals surface area (Å²) in [6.07, 6.45) is 5.48. The number of halogens is 1. The van der Waals surface area contributed by atoms with Gasteiger partial charge in [0.25, 0.3) is 5.91 Å². The Balaban J connectivity index is 1.39. The standard InChI is InChI=1S/C17H20BrNO3/c18-14-3-5-15(6-4-14)19-16(20)10-22-17(21)9-13-8-11-1-2-12(13)7-11/h3-6,11-13H,1-2,7-10H2,(H,19,20)/t11-,12+,13-/m0/s1. The molecule has 2 aliphatic rings. The number of hydrogen-bond donors (Lipinski definition) is 1. The maximum absolute atomic E-state index is 11.9. The molecule has 3 rings (SSSR count). The van der Waals surface area contributed by atoms with E-state index in [1.807, 2.05) is 12.1 Å². The predicted molar refractivity (Wildman–Crippen MR) is 87.3 cm³/mol. The molecule has 0 aromatic heterocycles. The topological polar surface area (TPSA) is 55.4 Å². The minimum Gasteiger partial charge on any atom is -0.456 e. The molecule has 0 aliphatic heterocycles. The van der Waals surface area contributed by atoms with Gasteiger partial charge in [0.05, 0.1) is 0 Å². The lowest BCUT2D eigenvalue weighted by molar-refractivity contribution is -0.148. The quantitative estimate of drug-likeness (QED) is 0.808. The summed E-state index contributed by atoms with van der Waals surface area (Å²) in [5.74, 6) is 1.45. The van der Waals surface area contributed by atoms with E-state index in [1.54, 1.807) is 12.1 Å². The van der Waals surface area contributed by atoms with E-state index in [-0.39, 0.29) is 18.5 Å². The average molecular weight is 366 g/mol. The lowest BCUT2D eigenvalue weighted by atomic mass is 9.86. The summed E-state index contributed by atoms with van der Waals surface area (Å²) in [6, 6.07) is 7.27. The number of fused-ring (bicyclic) bond motifs is 2. The Bertz CT molecular complexity index is 558. The highest BCUT2D eigenvalue weighted by Crippen LogP contribution is 2.49. The average Bonchev–Trinajstić information content (AvgIpc) is 3.10. The molecule has 0 saturated heterocycles. The van der Waals surface area contributed by atoms with Gasteiger partial charge in [-0.1, -0.05) is 22.4 Å². The first-order chi connectivity index (χ1) is 10.6. The Morgan fingerprint density at radius 2 is 1.95 bits per heavy atom. The Morgan fingerprint density at radius 1 is 1.18 bits per heavy atom. The van der Waals surface area contributed by atoms with Crippen molar-refractivity contribution in [2.45, 2.75) is 32.1 Å². The molecule has 3 atom stereocenters. The number of carbonyl (C=O) groups excluding carboxylic acids is 2. The zero-order valence-corrected chi connectivity index (χ0v) is 14.0. The molecular weight excluding hydrogens is 346 g/mol. The molecule has 0 heterocycles. The number of ether oxygens (including phenoxy) is 1. The second-order valence-electron chi connectivity index (χ2n) is 6.35. The van der Waals surface area contributed by atoms with Crippen LogP contribution in [0.2, 0.25) is 0 Å². The van der Waals surface area contributed by atoms with Crippen LogP contribution < -0.4 is 5.32 Å². The fourth-order valence-corrected chi connectivity index (χ4v) is 4.04. The molecule has 0 spiro atoms. The largest absolute Gasteiger partial charge is 0.456 e. The number of amides is 1. The normalized spacial score (nSPS) is 26.0. The second-order valence-corrected chi connectivity index (χ2v) is 7.27. The molecule has 1 aromatic carbocycles. The molecule has 2 fully saturated rings. The maximum Gasteiger partial charge on any atom is 0.306 e. The van der Waals surface area contributed by atoms with Gasteiger partial charge in [0.15, 0.2) is 6.61 Å². The van der Waals surface area contributed by atoms with Crippen molar-refractivity contribution in [2.75, 3.05) is 11.9 Å². The van der Waals surface area contributed by atoms with Crippen LogP contribution in [-0.2, 0) is 14.3 Å². The van der Waals surface area contributed by atoms with Crippen LogP contribution in [0.15, 0.2) is 28.7 Å². The molecule has 118 valence electrons. The molecule has 5 heteroatoms. The SMILES string of the molecule is O=C(COC(=O)C[C@@H]1C[C@H]2CC[C@@H]1C2)Nc1ccc(Br)cc1. The fourth-order valence-electron chi connectivity index (χ4n) is 3.78. The van der Waals surface area contributed by atoms with Crippen molar-refractivity contribution in [3.8, 4) is 0 Å². The number of rotatable bonds is 5. The number of nitrogens with one attached hydrogen (secondary N) is 1. The van der Waals surface area contributed by atoms with Gasteiger partial charge in [-0.2, -0.15) is 0 Å². The number of anilines is 1. The molecule has 22 heavy (non-hydrogen) atoms. The van der Waals surface area contributed by atoms with Gasteiger partial charge in [0.2, 0.25) is 0 Å². The van der Waals surface area contributed by atoms with Crippen molar-refractivity contribution >= 4 is 33.5 Å². The van der Waals surface area contributed by atoms with Gasteiger partial charge in [0.1, 0.15) is 0 Å². The van der Waals surface area contributed by atoms with Crippen LogP contribution in [0.25, 0.3) is 0 Å². The Morgan fingerprint density at radius 3 is 2.59 bits per heavy atom. The van der Waals surface area contributed by atoms with Crippen LogP contribution in [0.3, 0.4) is 0 Å². The van der Waals surface area contributed by atoms with E-state index in [1.165, 1.54) is 19.3 Å². The highest BCUT2D eigenvalue weighted by atomic mass is 79.9. The van der Waals surface area contributed by atoms with E-state index in [0.717, 1.165) is 16.8 Å². The number of benzene rings is 1. The first-order valence-electron chi connectivity index (χ1n) is 7.81. The number of esters is 1. The third-order valence-corrected chi connectivity index (χ3v) is 5.33. The second kappa shape index (κ2) is 6.82. The summed E-state index contributed by atoms with van der Waals surface area (Å²) < 4.78 is 6.06. The van der Waals surface area contributed by atoms with Crippen LogP contribution >= 0.6 is 15.9 Å². The summed E-state index contributed by atoms with van der Waals surface area (Å²) in [4.78, 5) is 23.6. The molecule has 2 aliphatic carbocycles. The van der Waals surface area contributed by atoms with Crippen LogP contribution in [0.1, 0.15) is 32.1 Å². The third kappa shape index (κ3) is 3.88. The first-order valence-corrected chi connectivity index (χ1v) is 8.60. The summed E-state index contributed by atoms with van der Waals surface area (Å²) in [7, 11) is 0. The van der Waals surface area contributed by atoms with Crippen molar-refractivity contribution in [3.05, 3.63) is 28.7 Å². The predicted octanol–water partition coefficient (Wildman–Crippen LogP) is 3.76. The van der Waals surface area contributed by atoms with E-state index in [4.69, 9.17) is 4.74 Å². The zero-order valence-electron chi connectivity index (χ0n) is 12.4. The summed E-state index contributed by atoms with van der Waals surface area (Å²) >= 11 is 3.33. The number of carbonyl (C=O) groups is 2. The molecule has 2 bridgehead atoms. The van der Waals surface area contributed by atoms with Gasteiger partial charge < -0.3 is 10.1 Å². The highest BCUT2D eigenvalue weighted by molar-refractivity contribution is 9.10. The van der Waals surface area contributed by atoms with Crippen molar-refractivity contribution in [1.29, 1.82) is 0 Å². The Kier molecular flexibility index (Phi) is 4.81. The van der Waals surface area contributed by atoms with Gasteiger partial charge in [-0.25, -0.2) is 0 Å². The van der Waals surface area contributed by atoms with E-state index < -0.39 is 0 Å². The van der Waals surface area contributed by atoms with Gasteiger partial charge in [-0.05, 0) is 61.3 Å². The Hall–Kier alpha value is -1.36. The monoisotopic (exact) mass is 365 g/mol. The lowest BCUT2D eigenvalue weighted by Crippen LogP contribution is -2.23. The zero-order chi connectivity index (χ0) is 15.5. The smallest absolute Gasteiger partial charge is 0.306 e. The van der Waals surface area contributed by atoms with E-state index in [2.05, 4.69) is 21.2 Å². The van der Waals surface area contributed by atoms with Crippen LogP contribution in [0, 0.1) is 17.8 Å². The molecule has 0 radical (unpaired) electrons. The fraction of sp³-hybridized carbons (Fsp3) is 0.529. The first kappa shape index (κ1) is 15.5. The summed E-state index contributed by atoms with van der Waals surface area (Å²) in [6.45, 7) is -0.213. The summed E-state index contributed by atoms with van der Waals surface area (Å²) in [5.41, 5.74) is 0.692. The molecule has 1 amide bonds. The highest BCUT2D eigenvalue weighted by Gasteiger charge is 2.40. The van der Waals surface area contributed by atoms with Gasteiger partial charge in [0, 0.05) is 16.6 Å². The maximum atomic E-state index is 11.9. The van der Waals surface area contributed by atoms with Crippen molar-refractivity contribution in [3.63, 3.8) is 0 Å². The molecule has 0 unspecified atom stereocenters. The van der Waals surface area contributed by atoms with Crippen molar-refractivity contribution in [1.82, 2.24) is 0 Å². The van der Waals surface area contributed by atoms with Crippen molar-refractivity contribution in [2.24, 2.45) is 17.8 Å². The number of hydrogen-bond acceptors (Lipinski definition) is 3. The molecule has 4 nitrogen and oxygen atoms in total. The Labute approximate surface area is 138 Å². The van der Waals surface area contributed by atoms with E-state index in [9.17, 15) is 9.59 Å². The molecular formula is C17H20BrNO3. The van der Waals surface area contributed by atoms with E-state index in [0.29, 0.717) is 23.9 Å². The lowest BCUT2D eigenvalue weighted by Gasteiger charge is -2.20. The molecule has 1 N–H and O–H groups in total. The van der Waals surface area contributed by atoms with Gasteiger partial charge >= 0.3 is 5.97 Å². The van der Waals surface area contributed by atoms with Crippen LogP contribution in [0.5, 0.6) is 0 Å². The minimum atomic E-state index is -0.302. The minimum absolute atomic E-state index is 0.213.